The fraction of sp³-hybridized carbons (Fsp3) is 0.333. The Hall–Kier alpha value is -1.98. The van der Waals surface area contributed by atoms with Crippen molar-refractivity contribution in [1.29, 1.82) is 0 Å². The van der Waals surface area contributed by atoms with Gasteiger partial charge in [-0.1, -0.05) is 0 Å². The van der Waals surface area contributed by atoms with Crippen LogP contribution in [-0.4, -0.2) is 29.4 Å². The number of halogens is 2. The number of urea groups is 1. The molecule has 1 aliphatic rings. The molecule has 1 fully saturated rings. The van der Waals surface area contributed by atoms with E-state index in [0.717, 1.165) is 17.0 Å². The van der Waals surface area contributed by atoms with Crippen LogP contribution in [-0.2, 0) is 4.79 Å². The van der Waals surface area contributed by atoms with Crippen molar-refractivity contribution in [2.45, 2.75) is 19.4 Å². The lowest BCUT2D eigenvalue weighted by Crippen LogP contribution is -2.41. The van der Waals surface area contributed by atoms with Crippen molar-refractivity contribution in [1.82, 2.24) is 4.90 Å². The summed E-state index contributed by atoms with van der Waals surface area (Å²) in [6, 6.07) is 2.09. The largest absolute Gasteiger partial charge is 0.332 e. The standard InChI is InChI=1S/C12H12F2N2O2/c1-12(2)10(17)16(11(18)15(12)3)9-5-4-7(13)6-8(9)14/h4-6H,1-3H3. The van der Waals surface area contributed by atoms with Gasteiger partial charge in [0.15, 0.2) is 0 Å². The Balaban J connectivity index is 2.52. The molecule has 1 saturated heterocycles. The molecular weight excluding hydrogens is 242 g/mol. The van der Waals surface area contributed by atoms with Crippen molar-refractivity contribution in [2.24, 2.45) is 0 Å². The van der Waals surface area contributed by atoms with Gasteiger partial charge in [-0.3, -0.25) is 4.79 Å². The van der Waals surface area contributed by atoms with Crippen molar-refractivity contribution in [3.8, 4) is 0 Å². The van der Waals surface area contributed by atoms with E-state index in [2.05, 4.69) is 0 Å². The predicted octanol–water partition coefficient (Wildman–Crippen LogP) is 2.14. The lowest BCUT2D eigenvalue weighted by molar-refractivity contribution is -0.123. The summed E-state index contributed by atoms with van der Waals surface area (Å²) in [7, 11) is 1.46. The van der Waals surface area contributed by atoms with Crippen LogP contribution in [0.3, 0.4) is 0 Å². The lowest BCUT2D eigenvalue weighted by Gasteiger charge is -2.22. The molecule has 2 rings (SSSR count). The summed E-state index contributed by atoms with van der Waals surface area (Å²) in [6.07, 6.45) is 0. The van der Waals surface area contributed by atoms with Crippen LogP contribution in [0.2, 0.25) is 0 Å². The number of hydrogen-bond acceptors (Lipinski definition) is 2. The van der Waals surface area contributed by atoms with E-state index in [0.29, 0.717) is 6.07 Å². The summed E-state index contributed by atoms with van der Waals surface area (Å²) in [5.74, 6) is -2.24. The van der Waals surface area contributed by atoms with Crippen molar-refractivity contribution in [3.05, 3.63) is 29.8 Å². The van der Waals surface area contributed by atoms with Gasteiger partial charge in [-0.05, 0) is 26.0 Å². The highest BCUT2D eigenvalue weighted by molar-refractivity contribution is 6.22. The molecule has 0 saturated carbocycles. The quantitative estimate of drug-likeness (QED) is 0.720. The Labute approximate surface area is 103 Å². The van der Waals surface area contributed by atoms with Gasteiger partial charge in [0.2, 0.25) is 0 Å². The zero-order valence-corrected chi connectivity index (χ0v) is 10.2. The van der Waals surface area contributed by atoms with E-state index in [-0.39, 0.29) is 5.69 Å². The minimum Gasteiger partial charge on any atom is -0.313 e. The number of amides is 3. The first-order valence-electron chi connectivity index (χ1n) is 5.34. The van der Waals surface area contributed by atoms with Gasteiger partial charge >= 0.3 is 6.03 Å². The predicted molar refractivity (Wildman–Crippen MR) is 61.1 cm³/mol. The van der Waals surface area contributed by atoms with Gasteiger partial charge in [-0.2, -0.15) is 0 Å². The topological polar surface area (TPSA) is 40.6 Å². The molecule has 0 unspecified atom stereocenters. The molecule has 1 aliphatic heterocycles. The number of carbonyl (C=O) groups is 2. The molecule has 0 aliphatic carbocycles. The van der Waals surface area contributed by atoms with E-state index < -0.39 is 29.1 Å². The van der Waals surface area contributed by atoms with Crippen molar-refractivity contribution in [3.63, 3.8) is 0 Å². The van der Waals surface area contributed by atoms with Gasteiger partial charge in [0.1, 0.15) is 17.2 Å². The minimum atomic E-state index is -1.04. The molecule has 3 amide bonds. The third-order valence-electron chi connectivity index (χ3n) is 3.19. The van der Waals surface area contributed by atoms with Gasteiger partial charge in [0.05, 0.1) is 5.69 Å². The number of anilines is 1. The Morgan fingerprint density at radius 2 is 1.78 bits per heavy atom. The molecule has 0 radical (unpaired) electrons. The molecule has 0 N–H and O–H groups in total. The number of nitrogens with zero attached hydrogens (tertiary/aromatic N) is 2. The minimum absolute atomic E-state index is 0.233. The lowest BCUT2D eigenvalue weighted by atomic mass is 10.0. The molecule has 18 heavy (non-hydrogen) atoms. The van der Waals surface area contributed by atoms with Crippen LogP contribution in [0.4, 0.5) is 19.3 Å². The van der Waals surface area contributed by atoms with Crippen LogP contribution in [0.15, 0.2) is 18.2 Å². The molecular formula is C12H12F2N2O2. The van der Waals surface area contributed by atoms with E-state index in [1.807, 2.05) is 0 Å². The fourth-order valence-corrected chi connectivity index (χ4v) is 1.77. The zero-order chi connectivity index (χ0) is 13.7. The van der Waals surface area contributed by atoms with E-state index in [9.17, 15) is 18.4 Å². The van der Waals surface area contributed by atoms with Gasteiger partial charge in [0.25, 0.3) is 5.91 Å². The molecule has 0 spiro atoms. The summed E-state index contributed by atoms with van der Waals surface area (Å²) in [5, 5.41) is 0. The Morgan fingerprint density at radius 1 is 1.17 bits per heavy atom. The molecule has 0 aromatic heterocycles. The second kappa shape index (κ2) is 3.76. The average molecular weight is 254 g/mol. The molecule has 96 valence electrons. The van der Waals surface area contributed by atoms with E-state index in [4.69, 9.17) is 0 Å². The van der Waals surface area contributed by atoms with Crippen LogP contribution in [0.1, 0.15) is 13.8 Å². The Kier molecular flexibility index (Phi) is 2.61. The zero-order valence-electron chi connectivity index (χ0n) is 10.2. The molecule has 4 nitrogen and oxygen atoms in total. The maximum atomic E-state index is 13.6. The van der Waals surface area contributed by atoms with Crippen molar-refractivity contribution < 1.29 is 18.4 Å². The summed E-state index contributed by atoms with van der Waals surface area (Å²) >= 11 is 0. The molecule has 6 heteroatoms. The highest BCUT2D eigenvalue weighted by Gasteiger charge is 2.50. The second-order valence-electron chi connectivity index (χ2n) is 4.64. The van der Waals surface area contributed by atoms with E-state index >= 15 is 0 Å². The van der Waals surface area contributed by atoms with Crippen LogP contribution >= 0.6 is 0 Å². The van der Waals surface area contributed by atoms with E-state index in [1.165, 1.54) is 11.9 Å². The maximum Gasteiger partial charge on any atom is 0.332 e. The number of hydrogen-bond donors (Lipinski definition) is 0. The fourth-order valence-electron chi connectivity index (χ4n) is 1.77. The molecule has 1 heterocycles. The smallest absolute Gasteiger partial charge is 0.313 e. The van der Waals surface area contributed by atoms with Gasteiger partial charge in [-0.25, -0.2) is 18.5 Å². The highest BCUT2D eigenvalue weighted by atomic mass is 19.1. The van der Waals surface area contributed by atoms with Gasteiger partial charge in [-0.15, -0.1) is 0 Å². The summed E-state index contributed by atoms with van der Waals surface area (Å²) in [5.41, 5.74) is -1.28. The number of rotatable bonds is 1. The van der Waals surface area contributed by atoms with Crippen LogP contribution in [0, 0.1) is 11.6 Å². The molecule has 0 bridgehead atoms. The SMILES string of the molecule is CN1C(=O)N(c2ccc(F)cc2F)C(=O)C1(C)C. The second-order valence-corrected chi connectivity index (χ2v) is 4.64. The maximum absolute atomic E-state index is 13.6. The van der Waals surface area contributed by atoms with Crippen LogP contribution < -0.4 is 4.90 Å². The Morgan fingerprint density at radius 3 is 2.22 bits per heavy atom. The summed E-state index contributed by atoms with van der Waals surface area (Å²) in [6.45, 7) is 3.13. The third-order valence-corrected chi connectivity index (χ3v) is 3.19. The summed E-state index contributed by atoms with van der Waals surface area (Å²) < 4.78 is 26.4. The Bertz CT molecular complexity index is 543. The average Bonchev–Trinajstić information content (AvgIpc) is 2.43. The van der Waals surface area contributed by atoms with Crippen LogP contribution in [0.5, 0.6) is 0 Å². The first-order valence-corrected chi connectivity index (χ1v) is 5.34. The molecule has 0 atom stereocenters. The first kappa shape index (κ1) is 12.5. The first-order chi connectivity index (χ1) is 8.26. The normalized spacial score (nSPS) is 18.7. The van der Waals surface area contributed by atoms with Crippen molar-refractivity contribution >= 4 is 17.6 Å². The number of imide groups is 1. The van der Waals surface area contributed by atoms with Crippen molar-refractivity contribution in [2.75, 3.05) is 11.9 Å². The summed E-state index contributed by atoms with van der Waals surface area (Å²) in [4.78, 5) is 26.0. The van der Waals surface area contributed by atoms with Gasteiger partial charge in [0, 0.05) is 13.1 Å². The monoisotopic (exact) mass is 254 g/mol. The molecule has 1 aromatic carbocycles. The van der Waals surface area contributed by atoms with Crippen LogP contribution in [0.25, 0.3) is 0 Å². The number of benzene rings is 1. The number of carbonyl (C=O) groups excluding carboxylic acids is 2. The van der Waals surface area contributed by atoms with Gasteiger partial charge < -0.3 is 4.90 Å². The van der Waals surface area contributed by atoms with E-state index in [1.54, 1.807) is 13.8 Å². The molecule has 1 aromatic rings. The number of likely N-dealkylation sites (N-methyl/N-ethyl adjacent to an activating group) is 1. The highest BCUT2D eigenvalue weighted by Crippen LogP contribution is 2.32. The third kappa shape index (κ3) is 1.56.